The zero-order chi connectivity index (χ0) is 14.8. The molecule has 0 atom stereocenters. The van der Waals surface area contributed by atoms with Crippen LogP contribution < -0.4 is 15.2 Å². The number of nitrogens with one attached hydrogen (secondary N) is 1. The highest BCUT2D eigenvalue weighted by molar-refractivity contribution is 9.10. The first-order chi connectivity index (χ1) is 8.57. The van der Waals surface area contributed by atoms with Crippen molar-refractivity contribution in [1.29, 1.82) is 0 Å². The lowest BCUT2D eigenvalue weighted by Gasteiger charge is -2.19. The van der Waals surface area contributed by atoms with Crippen LogP contribution in [0.4, 0.5) is 0 Å². The zero-order valence-electron chi connectivity index (χ0n) is 11.2. The van der Waals surface area contributed by atoms with E-state index < -0.39 is 15.6 Å². The van der Waals surface area contributed by atoms with Crippen molar-refractivity contribution >= 4 is 50.0 Å². The Labute approximate surface area is 138 Å². The van der Waals surface area contributed by atoms with E-state index in [-0.39, 0.29) is 28.9 Å². The Balaban J connectivity index is 0.00000361. The minimum Gasteiger partial charge on any atom is -0.495 e. The van der Waals surface area contributed by atoms with Crippen molar-refractivity contribution in [3.63, 3.8) is 0 Å². The topological polar surface area (TPSA) is 81.4 Å². The summed E-state index contributed by atoms with van der Waals surface area (Å²) in [5.41, 5.74) is 5.11. The molecule has 0 spiro atoms. The molecule has 9 heteroatoms. The van der Waals surface area contributed by atoms with Crippen molar-refractivity contribution in [2.24, 2.45) is 5.73 Å². The van der Waals surface area contributed by atoms with Crippen LogP contribution in [0.1, 0.15) is 13.8 Å². The van der Waals surface area contributed by atoms with Crippen LogP contribution >= 0.6 is 39.9 Å². The van der Waals surface area contributed by atoms with Gasteiger partial charge in [0.25, 0.3) is 0 Å². The molecule has 0 fully saturated rings. The Hall–Kier alpha value is -0.0500. The fraction of sp³-hybridized carbons (Fsp3) is 0.455. The maximum atomic E-state index is 12.2. The molecule has 0 aliphatic rings. The highest BCUT2D eigenvalue weighted by Crippen LogP contribution is 2.33. The van der Waals surface area contributed by atoms with E-state index in [4.69, 9.17) is 22.1 Å². The van der Waals surface area contributed by atoms with E-state index in [1.54, 1.807) is 13.8 Å². The molecule has 0 heterocycles. The SMILES string of the molecule is COc1cc(Br)c(S(=O)(=O)NCC(C)(C)N)cc1Cl.Cl. The molecular formula is C11H17BrCl2N2O3S. The first kappa shape index (κ1) is 19.9. The molecule has 0 aromatic heterocycles. The second kappa shape index (κ2) is 7.29. The normalized spacial score (nSPS) is 11.9. The zero-order valence-corrected chi connectivity index (χ0v) is 15.2. The molecule has 0 saturated carbocycles. The Kier molecular flexibility index (Phi) is 7.27. The second-order valence-electron chi connectivity index (χ2n) is 4.73. The number of hydrogen-bond acceptors (Lipinski definition) is 4. The van der Waals surface area contributed by atoms with Gasteiger partial charge in [0, 0.05) is 16.6 Å². The van der Waals surface area contributed by atoms with Crippen LogP contribution in [0.15, 0.2) is 21.5 Å². The number of rotatable bonds is 5. The van der Waals surface area contributed by atoms with E-state index in [0.717, 1.165) is 0 Å². The van der Waals surface area contributed by atoms with Gasteiger partial charge in [-0.15, -0.1) is 12.4 Å². The Morgan fingerprint density at radius 3 is 2.45 bits per heavy atom. The summed E-state index contributed by atoms with van der Waals surface area (Å²) < 4.78 is 32.1. The quantitative estimate of drug-likeness (QED) is 0.785. The van der Waals surface area contributed by atoms with E-state index >= 15 is 0 Å². The fourth-order valence-corrected chi connectivity index (χ4v) is 3.80. The summed E-state index contributed by atoms with van der Waals surface area (Å²) in [5.74, 6) is 0.395. The molecular weight excluding hydrogens is 391 g/mol. The number of ether oxygens (including phenoxy) is 1. The molecule has 0 aliphatic heterocycles. The average molecular weight is 408 g/mol. The summed E-state index contributed by atoms with van der Waals surface area (Å²) in [4.78, 5) is 0.0440. The van der Waals surface area contributed by atoms with Crippen molar-refractivity contribution in [1.82, 2.24) is 4.72 Å². The van der Waals surface area contributed by atoms with Crippen molar-refractivity contribution < 1.29 is 13.2 Å². The van der Waals surface area contributed by atoms with Crippen molar-refractivity contribution in [3.8, 4) is 5.75 Å². The van der Waals surface area contributed by atoms with Gasteiger partial charge in [0.15, 0.2) is 0 Å². The van der Waals surface area contributed by atoms with E-state index in [1.807, 2.05) is 0 Å². The van der Waals surface area contributed by atoms with Gasteiger partial charge in [0.1, 0.15) is 5.75 Å². The van der Waals surface area contributed by atoms with Gasteiger partial charge in [-0.1, -0.05) is 11.6 Å². The van der Waals surface area contributed by atoms with Crippen LogP contribution in [0.25, 0.3) is 0 Å². The van der Waals surface area contributed by atoms with Gasteiger partial charge in [-0.25, -0.2) is 13.1 Å². The lowest BCUT2D eigenvalue weighted by molar-refractivity contribution is 0.414. The van der Waals surface area contributed by atoms with Crippen LogP contribution in [0.5, 0.6) is 5.75 Å². The third kappa shape index (κ3) is 5.38. The molecule has 116 valence electrons. The first-order valence-electron chi connectivity index (χ1n) is 5.38. The molecule has 0 amide bonds. The third-order valence-corrected chi connectivity index (χ3v) is 4.87. The average Bonchev–Trinajstić information content (AvgIpc) is 2.28. The Morgan fingerprint density at radius 2 is 2.00 bits per heavy atom. The number of methoxy groups -OCH3 is 1. The lowest BCUT2D eigenvalue weighted by atomic mass is 10.1. The minimum absolute atomic E-state index is 0. The van der Waals surface area contributed by atoms with Gasteiger partial charge >= 0.3 is 0 Å². The van der Waals surface area contributed by atoms with Gasteiger partial charge in [0.05, 0.1) is 17.0 Å². The van der Waals surface area contributed by atoms with Crippen LogP contribution in [0.3, 0.4) is 0 Å². The van der Waals surface area contributed by atoms with E-state index in [1.165, 1.54) is 19.2 Å². The molecule has 0 unspecified atom stereocenters. The van der Waals surface area contributed by atoms with Crippen molar-refractivity contribution in [2.45, 2.75) is 24.3 Å². The van der Waals surface area contributed by atoms with Crippen molar-refractivity contribution in [2.75, 3.05) is 13.7 Å². The number of nitrogens with two attached hydrogens (primary N) is 1. The van der Waals surface area contributed by atoms with E-state index in [9.17, 15) is 8.42 Å². The maximum absolute atomic E-state index is 12.2. The highest BCUT2D eigenvalue weighted by Gasteiger charge is 2.22. The molecule has 1 aromatic rings. The lowest BCUT2D eigenvalue weighted by Crippen LogP contribution is -2.45. The molecule has 3 N–H and O–H groups in total. The number of halogens is 3. The monoisotopic (exact) mass is 406 g/mol. The molecule has 0 aliphatic carbocycles. The summed E-state index contributed by atoms with van der Waals surface area (Å²) in [7, 11) is -2.23. The van der Waals surface area contributed by atoms with Crippen LogP contribution in [0.2, 0.25) is 5.02 Å². The molecule has 5 nitrogen and oxygen atoms in total. The molecule has 0 bridgehead atoms. The summed E-state index contributed by atoms with van der Waals surface area (Å²) in [6.45, 7) is 3.57. The number of benzene rings is 1. The molecule has 0 radical (unpaired) electrons. The van der Waals surface area contributed by atoms with Gasteiger partial charge in [-0.2, -0.15) is 0 Å². The fourth-order valence-electron chi connectivity index (χ4n) is 1.23. The maximum Gasteiger partial charge on any atom is 0.241 e. The molecule has 0 saturated heterocycles. The summed E-state index contributed by atoms with van der Waals surface area (Å²) in [6, 6.07) is 2.83. The summed E-state index contributed by atoms with van der Waals surface area (Å²) >= 11 is 9.12. The van der Waals surface area contributed by atoms with Gasteiger partial charge in [0.2, 0.25) is 10.0 Å². The molecule has 20 heavy (non-hydrogen) atoms. The summed E-state index contributed by atoms with van der Waals surface area (Å²) in [6.07, 6.45) is 0. The Bertz CT molecular complexity index is 574. The van der Waals surface area contributed by atoms with Gasteiger partial charge in [-0.3, -0.25) is 0 Å². The molecule has 1 rings (SSSR count). The van der Waals surface area contributed by atoms with Gasteiger partial charge < -0.3 is 10.5 Å². The van der Waals surface area contributed by atoms with Crippen LogP contribution in [-0.4, -0.2) is 27.6 Å². The number of hydrogen-bond donors (Lipinski definition) is 2. The van der Waals surface area contributed by atoms with Crippen LogP contribution in [-0.2, 0) is 10.0 Å². The summed E-state index contributed by atoms with van der Waals surface area (Å²) in [5, 5.41) is 0.220. The standard InChI is InChI=1S/C11H16BrClN2O3S.ClH/c1-11(2,14)6-15-19(16,17)10-5-8(13)9(18-3)4-7(10)12;/h4-5,15H,6,14H2,1-3H3;1H. The first-order valence-corrected chi connectivity index (χ1v) is 8.04. The van der Waals surface area contributed by atoms with E-state index in [2.05, 4.69) is 20.7 Å². The predicted molar refractivity (Wildman–Crippen MR) is 86.4 cm³/mol. The van der Waals surface area contributed by atoms with Crippen LogP contribution in [0, 0.1) is 0 Å². The smallest absolute Gasteiger partial charge is 0.241 e. The van der Waals surface area contributed by atoms with Crippen molar-refractivity contribution in [3.05, 3.63) is 21.6 Å². The van der Waals surface area contributed by atoms with Gasteiger partial charge in [-0.05, 0) is 41.9 Å². The second-order valence-corrected chi connectivity index (χ2v) is 7.73. The molecule has 1 aromatic carbocycles. The van der Waals surface area contributed by atoms with E-state index in [0.29, 0.717) is 10.2 Å². The number of sulfonamides is 1. The minimum atomic E-state index is -3.69. The Morgan fingerprint density at radius 1 is 1.45 bits per heavy atom. The highest BCUT2D eigenvalue weighted by atomic mass is 79.9. The largest absolute Gasteiger partial charge is 0.495 e. The third-order valence-electron chi connectivity index (χ3n) is 2.21. The predicted octanol–water partition coefficient (Wildman–Crippen LogP) is 2.55.